The molecule has 0 bridgehead atoms. The van der Waals surface area contributed by atoms with Crippen LogP contribution >= 0.6 is 11.9 Å². The molecule has 3 rings (SSSR count). The minimum absolute atomic E-state index is 0.00539. The summed E-state index contributed by atoms with van der Waals surface area (Å²) in [6, 6.07) is 12.2. The summed E-state index contributed by atoms with van der Waals surface area (Å²) in [5.41, 5.74) is 12.3. The van der Waals surface area contributed by atoms with Gasteiger partial charge in [0.2, 0.25) is 0 Å². The van der Waals surface area contributed by atoms with Crippen LogP contribution in [0.15, 0.2) is 65.2 Å². The lowest BCUT2D eigenvalue weighted by Crippen LogP contribution is -2.45. The molecule has 7 nitrogen and oxygen atoms in total. The molecule has 1 aliphatic rings. The molecule has 0 aromatic heterocycles. The second-order valence-corrected chi connectivity index (χ2v) is 9.25. The minimum atomic E-state index is -4.35. The van der Waals surface area contributed by atoms with Crippen LogP contribution in [-0.2, 0) is 17.5 Å². The van der Waals surface area contributed by atoms with E-state index in [-0.39, 0.29) is 23.5 Å². The fourth-order valence-corrected chi connectivity index (χ4v) is 4.33. The molecule has 1 saturated carbocycles. The average molecular weight is 507 g/mol. The lowest BCUT2D eigenvalue weighted by Gasteiger charge is -2.29. The Labute approximate surface area is 206 Å². The number of primary amides is 1. The molecular formula is C24H29F3N6OS. The SMILES string of the molecule is N=C(Nc1ccc(SNCc2ccc(C(F)(F)F)cc2)cc1)/C(=C\NC1CCCCC1N)C(N)=O. The number of hydrogen-bond acceptors (Lipinski definition) is 6. The second kappa shape index (κ2) is 12.1. The maximum absolute atomic E-state index is 12.6. The highest BCUT2D eigenvalue weighted by Gasteiger charge is 2.29. The van der Waals surface area contributed by atoms with Gasteiger partial charge >= 0.3 is 6.18 Å². The van der Waals surface area contributed by atoms with Gasteiger partial charge in [0, 0.05) is 35.4 Å². The largest absolute Gasteiger partial charge is 0.416 e. The van der Waals surface area contributed by atoms with Crippen molar-refractivity contribution in [1.82, 2.24) is 10.0 Å². The molecule has 1 fully saturated rings. The normalized spacial score (nSPS) is 18.7. The zero-order valence-electron chi connectivity index (χ0n) is 19.0. The molecule has 1 aliphatic carbocycles. The Morgan fingerprint density at radius 1 is 1.09 bits per heavy atom. The molecule has 0 aliphatic heterocycles. The van der Waals surface area contributed by atoms with Crippen molar-refractivity contribution in [2.24, 2.45) is 11.5 Å². The van der Waals surface area contributed by atoms with Gasteiger partial charge in [0.1, 0.15) is 5.84 Å². The molecule has 2 atom stereocenters. The topological polar surface area (TPSA) is 129 Å². The van der Waals surface area contributed by atoms with Crippen LogP contribution in [0, 0.1) is 5.41 Å². The van der Waals surface area contributed by atoms with E-state index in [0.717, 1.165) is 48.3 Å². The van der Waals surface area contributed by atoms with Crippen molar-refractivity contribution in [2.75, 3.05) is 5.32 Å². The number of rotatable bonds is 9. The number of amides is 1. The predicted molar refractivity (Wildman–Crippen MR) is 133 cm³/mol. The number of anilines is 1. The molecule has 8 N–H and O–H groups in total. The number of nitrogens with one attached hydrogen (secondary N) is 4. The van der Waals surface area contributed by atoms with Crippen LogP contribution in [0.3, 0.4) is 0 Å². The first kappa shape index (κ1) is 26.6. The molecular weight excluding hydrogens is 477 g/mol. The first-order valence-electron chi connectivity index (χ1n) is 11.2. The fraction of sp³-hybridized carbons (Fsp3) is 0.333. The van der Waals surface area contributed by atoms with Crippen molar-refractivity contribution >= 4 is 29.4 Å². The fourth-order valence-electron chi connectivity index (χ4n) is 3.66. The molecule has 0 heterocycles. The number of carbonyl (C=O) groups is 1. The van der Waals surface area contributed by atoms with Crippen LogP contribution in [0.1, 0.15) is 36.8 Å². The summed E-state index contributed by atoms with van der Waals surface area (Å²) >= 11 is 1.33. The standard InChI is InChI=1S/C24H29F3N6OS/c25-24(26,27)16-7-5-15(6-8-16)13-32-35-18-11-9-17(10-12-18)33-22(29)19(23(30)34)14-31-21-4-2-1-3-20(21)28/h5-12,14,20-21,31-32H,1-4,13,28H2,(H2,29,33)(H2,30,34)/b19-14+. The maximum atomic E-state index is 12.6. The minimum Gasteiger partial charge on any atom is -0.386 e. The third kappa shape index (κ3) is 8.01. The van der Waals surface area contributed by atoms with Gasteiger partial charge in [0.15, 0.2) is 0 Å². The van der Waals surface area contributed by atoms with Crippen LogP contribution in [-0.4, -0.2) is 23.8 Å². The van der Waals surface area contributed by atoms with Gasteiger partial charge in [0.05, 0.1) is 11.1 Å². The number of benzene rings is 2. The smallest absolute Gasteiger partial charge is 0.386 e. The summed E-state index contributed by atoms with van der Waals surface area (Å²) in [5.74, 6) is -0.853. The van der Waals surface area contributed by atoms with Gasteiger partial charge in [-0.1, -0.05) is 25.0 Å². The predicted octanol–water partition coefficient (Wildman–Crippen LogP) is 4.12. The van der Waals surface area contributed by atoms with Crippen LogP contribution < -0.4 is 26.8 Å². The first-order valence-corrected chi connectivity index (χ1v) is 12.0. The van der Waals surface area contributed by atoms with Crippen molar-refractivity contribution in [2.45, 2.75) is 55.4 Å². The number of amidine groups is 1. The van der Waals surface area contributed by atoms with E-state index < -0.39 is 17.6 Å². The van der Waals surface area contributed by atoms with E-state index in [1.165, 1.54) is 30.3 Å². The molecule has 1 amide bonds. The molecule has 2 aromatic rings. The highest BCUT2D eigenvalue weighted by molar-refractivity contribution is 7.97. The Balaban J connectivity index is 1.50. The molecule has 11 heteroatoms. The van der Waals surface area contributed by atoms with E-state index in [4.69, 9.17) is 16.9 Å². The number of hydrogen-bond donors (Lipinski definition) is 6. The van der Waals surface area contributed by atoms with Gasteiger partial charge in [-0.3, -0.25) is 14.9 Å². The Morgan fingerprint density at radius 3 is 2.34 bits per heavy atom. The third-order valence-corrected chi connectivity index (χ3v) is 6.46. The van der Waals surface area contributed by atoms with Crippen molar-refractivity contribution in [3.05, 3.63) is 71.4 Å². The van der Waals surface area contributed by atoms with Crippen molar-refractivity contribution in [3.8, 4) is 0 Å². The van der Waals surface area contributed by atoms with Crippen LogP contribution in [0.4, 0.5) is 18.9 Å². The van der Waals surface area contributed by atoms with Gasteiger partial charge in [-0.2, -0.15) is 13.2 Å². The lowest BCUT2D eigenvalue weighted by atomic mass is 9.91. The highest BCUT2D eigenvalue weighted by atomic mass is 32.2. The van der Waals surface area contributed by atoms with Crippen LogP contribution in [0.5, 0.6) is 0 Å². The monoisotopic (exact) mass is 506 g/mol. The lowest BCUT2D eigenvalue weighted by molar-refractivity contribution is -0.137. The third-order valence-electron chi connectivity index (χ3n) is 5.67. The summed E-state index contributed by atoms with van der Waals surface area (Å²) < 4.78 is 41.0. The van der Waals surface area contributed by atoms with E-state index in [1.807, 2.05) is 12.1 Å². The van der Waals surface area contributed by atoms with Crippen LogP contribution in [0.2, 0.25) is 0 Å². The quantitative estimate of drug-likeness (QED) is 0.131. The second-order valence-electron chi connectivity index (χ2n) is 8.29. The summed E-state index contributed by atoms with van der Waals surface area (Å²) in [4.78, 5) is 12.7. The van der Waals surface area contributed by atoms with Gasteiger partial charge in [-0.15, -0.1) is 0 Å². The molecule has 2 aromatic carbocycles. The van der Waals surface area contributed by atoms with E-state index in [9.17, 15) is 18.0 Å². The summed E-state index contributed by atoms with van der Waals surface area (Å²) in [5, 5.41) is 14.3. The molecule has 0 radical (unpaired) electrons. The molecule has 0 spiro atoms. The summed E-state index contributed by atoms with van der Waals surface area (Å²) in [6.45, 7) is 0.387. The highest BCUT2D eigenvalue weighted by Crippen LogP contribution is 2.29. The Hall–Kier alpha value is -3.02. The zero-order chi connectivity index (χ0) is 25.4. The van der Waals surface area contributed by atoms with E-state index in [1.54, 1.807) is 12.1 Å². The molecule has 35 heavy (non-hydrogen) atoms. The van der Waals surface area contributed by atoms with Gasteiger partial charge < -0.3 is 22.1 Å². The van der Waals surface area contributed by atoms with Gasteiger partial charge in [-0.25, -0.2) is 0 Å². The Bertz CT molecular complexity index is 1040. The van der Waals surface area contributed by atoms with E-state index in [2.05, 4.69) is 15.4 Å². The molecule has 2 unspecified atom stereocenters. The van der Waals surface area contributed by atoms with Crippen molar-refractivity contribution in [1.29, 1.82) is 5.41 Å². The van der Waals surface area contributed by atoms with Crippen molar-refractivity contribution in [3.63, 3.8) is 0 Å². The summed E-state index contributed by atoms with van der Waals surface area (Å²) in [7, 11) is 0. The maximum Gasteiger partial charge on any atom is 0.416 e. The van der Waals surface area contributed by atoms with Gasteiger partial charge in [-0.05, 0) is 66.8 Å². The van der Waals surface area contributed by atoms with E-state index in [0.29, 0.717) is 12.2 Å². The molecule has 0 saturated heterocycles. The Morgan fingerprint density at radius 2 is 1.74 bits per heavy atom. The first-order chi connectivity index (χ1) is 16.6. The summed E-state index contributed by atoms with van der Waals surface area (Å²) in [6.07, 6.45) is 1.07. The number of nitrogens with two attached hydrogens (primary N) is 2. The van der Waals surface area contributed by atoms with Crippen LogP contribution in [0.25, 0.3) is 0 Å². The number of carbonyl (C=O) groups excluding carboxylic acids is 1. The van der Waals surface area contributed by atoms with E-state index >= 15 is 0 Å². The van der Waals surface area contributed by atoms with Gasteiger partial charge in [0.25, 0.3) is 5.91 Å². The number of alkyl halides is 3. The average Bonchev–Trinajstić information content (AvgIpc) is 2.81. The number of halogens is 3. The van der Waals surface area contributed by atoms with Crippen molar-refractivity contribution < 1.29 is 18.0 Å². The molecule has 188 valence electrons. The Kier molecular flexibility index (Phi) is 9.19. The zero-order valence-corrected chi connectivity index (χ0v) is 19.8.